The minimum absolute atomic E-state index is 0.0896. The van der Waals surface area contributed by atoms with E-state index in [0.717, 1.165) is 13.1 Å². The van der Waals surface area contributed by atoms with Crippen molar-refractivity contribution in [1.29, 1.82) is 0 Å². The summed E-state index contributed by atoms with van der Waals surface area (Å²) in [6, 6.07) is 0. The van der Waals surface area contributed by atoms with Gasteiger partial charge in [-0.1, -0.05) is 90.9 Å². The van der Waals surface area contributed by atoms with Crippen LogP contribution in [0.2, 0.25) is 0 Å². The average Bonchev–Trinajstić information content (AvgIpc) is 2.59. The molecule has 0 radical (unpaired) electrons. The number of nitrogens with zero attached hydrogens (tertiary/aromatic N) is 1. The summed E-state index contributed by atoms with van der Waals surface area (Å²) in [5, 5.41) is 2.94. The standard InChI is InChI=1S/C22H46N2O/c1-4-6-8-10-12-14-16-19-24(21-18-23-22(3)25)20-17-15-13-11-9-7-5-2/h4-21H2,1-3H3,(H,23,25). The highest BCUT2D eigenvalue weighted by molar-refractivity contribution is 5.72. The minimum Gasteiger partial charge on any atom is -0.355 e. The Morgan fingerprint density at radius 3 is 1.44 bits per heavy atom. The molecule has 0 aliphatic heterocycles. The molecule has 0 fully saturated rings. The molecule has 0 heterocycles. The predicted octanol–water partition coefficient (Wildman–Crippen LogP) is 5.93. The Balaban J connectivity index is 3.76. The van der Waals surface area contributed by atoms with Gasteiger partial charge in [0.1, 0.15) is 0 Å². The number of unbranched alkanes of at least 4 members (excludes halogenated alkanes) is 12. The van der Waals surface area contributed by atoms with Gasteiger partial charge in [-0.3, -0.25) is 4.79 Å². The van der Waals surface area contributed by atoms with Crippen LogP contribution in [0.5, 0.6) is 0 Å². The molecule has 0 saturated carbocycles. The van der Waals surface area contributed by atoms with Gasteiger partial charge in [0.15, 0.2) is 0 Å². The minimum atomic E-state index is 0.0896. The zero-order valence-corrected chi connectivity index (χ0v) is 17.6. The molecule has 0 aliphatic carbocycles. The van der Waals surface area contributed by atoms with Gasteiger partial charge in [0.2, 0.25) is 5.91 Å². The summed E-state index contributed by atoms with van der Waals surface area (Å²) in [6.45, 7) is 10.4. The van der Waals surface area contributed by atoms with Crippen molar-refractivity contribution in [3.05, 3.63) is 0 Å². The third-order valence-corrected chi connectivity index (χ3v) is 4.96. The Morgan fingerprint density at radius 1 is 0.640 bits per heavy atom. The molecule has 1 N–H and O–H groups in total. The van der Waals surface area contributed by atoms with Crippen LogP contribution in [0.15, 0.2) is 0 Å². The number of hydrogen-bond acceptors (Lipinski definition) is 2. The van der Waals surface area contributed by atoms with Crippen molar-refractivity contribution in [2.45, 2.75) is 111 Å². The molecule has 0 aliphatic rings. The molecular weight excluding hydrogens is 308 g/mol. The molecule has 150 valence electrons. The van der Waals surface area contributed by atoms with E-state index in [9.17, 15) is 4.79 Å². The van der Waals surface area contributed by atoms with Gasteiger partial charge in [0.25, 0.3) is 0 Å². The van der Waals surface area contributed by atoms with Crippen LogP contribution in [-0.2, 0) is 4.79 Å². The van der Waals surface area contributed by atoms with Crippen molar-refractivity contribution in [2.75, 3.05) is 26.2 Å². The molecule has 0 saturated heterocycles. The van der Waals surface area contributed by atoms with Crippen LogP contribution in [-0.4, -0.2) is 37.0 Å². The van der Waals surface area contributed by atoms with Crippen LogP contribution in [0.4, 0.5) is 0 Å². The fraction of sp³-hybridized carbons (Fsp3) is 0.955. The van der Waals surface area contributed by atoms with Crippen molar-refractivity contribution in [1.82, 2.24) is 10.2 Å². The maximum absolute atomic E-state index is 11.1. The summed E-state index contributed by atoms with van der Waals surface area (Å²) in [4.78, 5) is 13.6. The smallest absolute Gasteiger partial charge is 0.216 e. The van der Waals surface area contributed by atoms with E-state index in [4.69, 9.17) is 0 Å². The fourth-order valence-electron chi connectivity index (χ4n) is 3.31. The molecule has 0 rings (SSSR count). The zero-order valence-electron chi connectivity index (χ0n) is 17.6. The lowest BCUT2D eigenvalue weighted by molar-refractivity contribution is -0.119. The van der Waals surface area contributed by atoms with Crippen molar-refractivity contribution >= 4 is 5.91 Å². The molecule has 0 spiro atoms. The Hall–Kier alpha value is -0.570. The monoisotopic (exact) mass is 354 g/mol. The maximum Gasteiger partial charge on any atom is 0.216 e. The Kier molecular flexibility index (Phi) is 19.3. The van der Waals surface area contributed by atoms with Crippen LogP contribution < -0.4 is 5.32 Å². The first kappa shape index (κ1) is 24.4. The van der Waals surface area contributed by atoms with Gasteiger partial charge >= 0.3 is 0 Å². The van der Waals surface area contributed by atoms with Gasteiger partial charge in [0, 0.05) is 20.0 Å². The Labute approximate surface area is 158 Å². The third kappa shape index (κ3) is 19.6. The van der Waals surface area contributed by atoms with E-state index < -0.39 is 0 Å². The van der Waals surface area contributed by atoms with E-state index in [1.165, 1.54) is 103 Å². The highest BCUT2D eigenvalue weighted by Crippen LogP contribution is 2.10. The van der Waals surface area contributed by atoms with Crippen molar-refractivity contribution in [2.24, 2.45) is 0 Å². The summed E-state index contributed by atoms with van der Waals surface area (Å²) in [7, 11) is 0. The quantitative estimate of drug-likeness (QED) is 0.292. The van der Waals surface area contributed by atoms with Crippen molar-refractivity contribution in [3.8, 4) is 0 Å². The molecule has 0 bridgehead atoms. The van der Waals surface area contributed by atoms with E-state index in [1.807, 2.05) is 0 Å². The molecule has 0 aromatic carbocycles. The Bertz CT molecular complexity index is 263. The summed E-state index contributed by atoms with van der Waals surface area (Å²) in [5.74, 6) is 0.0896. The number of amides is 1. The highest BCUT2D eigenvalue weighted by atomic mass is 16.1. The molecule has 3 heteroatoms. The molecule has 0 aromatic rings. The molecule has 0 atom stereocenters. The number of carbonyl (C=O) groups is 1. The van der Waals surface area contributed by atoms with Crippen LogP contribution in [0.25, 0.3) is 0 Å². The number of hydrogen-bond donors (Lipinski definition) is 1. The number of rotatable bonds is 19. The molecule has 0 unspecified atom stereocenters. The van der Waals surface area contributed by atoms with Gasteiger partial charge in [-0.2, -0.15) is 0 Å². The van der Waals surface area contributed by atoms with Crippen molar-refractivity contribution in [3.63, 3.8) is 0 Å². The van der Waals surface area contributed by atoms with Gasteiger partial charge in [-0.25, -0.2) is 0 Å². The normalized spacial score (nSPS) is 11.2. The number of nitrogens with one attached hydrogen (secondary N) is 1. The molecule has 1 amide bonds. The van der Waals surface area contributed by atoms with Gasteiger partial charge in [0.05, 0.1) is 0 Å². The molecule has 3 nitrogen and oxygen atoms in total. The number of carbonyl (C=O) groups excluding carboxylic acids is 1. The molecular formula is C22H46N2O. The topological polar surface area (TPSA) is 32.3 Å². The summed E-state index contributed by atoms with van der Waals surface area (Å²) >= 11 is 0. The second kappa shape index (κ2) is 19.8. The zero-order chi connectivity index (χ0) is 18.6. The van der Waals surface area contributed by atoms with E-state index in [-0.39, 0.29) is 5.91 Å². The molecule has 0 aromatic heterocycles. The lowest BCUT2D eigenvalue weighted by atomic mass is 10.1. The lowest BCUT2D eigenvalue weighted by Gasteiger charge is -2.22. The van der Waals surface area contributed by atoms with Gasteiger partial charge in [-0.15, -0.1) is 0 Å². The first-order valence-corrected chi connectivity index (χ1v) is 11.2. The van der Waals surface area contributed by atoms with Gasteiger partial charge < -0.3 is 10.2 Å². The second-order valence-corrected chi connectivity index (χ2v) is 7.57. The fourth-order valence-corrected chi connectivity index (χ4v) is 3.31. The molecule has 25 heavy (non-hydrogen) atoms. The lowest BCUT2D eigenvalue weighted by Crippen LogP contribution is -2.35. The first-order chi connectivity index (χ1) is 12.2. The van der Waals surface area contributed by atoms with E-state index >= 15 is 0 Å². The third-order valence-electron chi connectivity index (χ3n) is 4.96. The van der Waals surface area contributed by atoms with E-state index in [2.05, 4.69) is 24.1 Å². The largest absolute Gasteiger partial charge is 0.355 e. The maximum atomic E-state index is 11.1. The average molecular weight is 355 g/mol. The Morgan fingerprint density at radius 2 is 1.04 bits per heavy atom. The van der Waals surface area contributed by atoms with Crippen LogP contribution in [0.1, 0.15) is 111 Å². The summed E-state index contributed by atoms with van der Waals surface area (Å²) in [6.07, 6.45) is 19.2. The first-order valence-electron chi connectivity index (χ1n) is 11.2. The van der Waals surface area contributed by atoms with Crippen LogP contribution in [0, 0.1) is 0 Å². The van der Waals surface area contributed by atoms with E-state index in [0.29, 0.717) is 0 Å². The van der Waals surface area contributed by atoms with Crippen LogP contribution in [0.3, 0.4) is 0 Å². The van der Waals surface area contributed by atoms with Crippen molar-refractivity contribution < 1.29 is 4.79 Å². The summed E-state index contributed by atoms with van der Waals surface area (Å²) < 4.78 is 0. The highest BCUT2D eigenvalue weighted by Gasteiger charge is 2.05. The van der Waals surface area contributed by atoms with Gasteiger partial charge in [-0.05, 0) is 25.9 Å². The predicted molar refractivity (Wildman–Crippen MR) is 111 cm³/mol. The van der Waals surface area contributed by atoms with Crippen LogP contribution >= 0.6 is 0 Å². The SMILES string of the molecule is CCCCCCCCCN(CCCCCCCCC)CCNC(C)=O. The summed E-state index contributed by atoms with van der Waals surface area (Å²) in [5.41, 5.74) is 0. The second-order valence-electron chi connectivity index (χ2n) is 7.57. The van der Waals surface area contributed by atoms with E-state index in [1.54, 1.807) is 6.92 Å².